The Labute approximate surface area is 85.0 Å². The topological polar surface area (TPSA) is 37.8 Å². The molecular weight excluding hydrogens is 174 g/mol. The van der Waals surface area contributed by atoms with Gasteiger partial charge in [-0.15, -0.1) is 0 Å². The highest BCUT2D eigenvalue weighted by Crippen LogP contribution is 2.33. The predicted molar refractivity (Wildman–Crippen MR) is 57.2 cm³/mol. The molecule has 1 saturated carbocycles. The molecule has 76 valence electrons. The second-order valence-corrected chi connectivity index (χ2v) is 4.27. The lowest BCUT2D eigenvalue weighted by Crippen LogP contribution is -2.16. The molecule has 14 heavy (non-hydrogen) atoms. The maximum absolute atomic E-state index is 4.19. The third-order valence-electron chi connectivity index (χ3n) is 2.58. The molecule has 3 heteroatoms. The van der Waals surface area contributed by atoms with Crippen LogP contribution in [0.25, 0.3) is 0 Å². The van der Waals surface area contributed by atoms with E-state index < -0.39 is 0 Å². The fraction of sp³-hybridized carbons (Fsp3) is 0.636. The molecule has 1 aromatic heterocycles. The molecule has 0 aromatic carbocycles. The summed E-state index contributed by atoms with van der Waals surface area (Å²) in [6.07, 6.45) is 5.70. The lowest BCUT2D eigenvalue weighted by molar-refractivity contribution is 0.640. The van der Waals surface area contributed by atoms with E-state index in [2.05, 4.69) is 22.2 Å². The van der Waals surface area contributed by atoms with Crippen LogP contribution in [0.1, 0.15) is 31.9 Å². The molecule has 1 aromatic rings. The highest BCUT2D eigenvalue weighted by atomic mass is 15.0. The van der Waals surface area contributed by atoms with Gasteiger partial charge in [0.1, 0.15) is 12.1 Å². The minimum absolute atomic E-state index is 0.525. The second kappa shape index (κ2) is 3.95. The highest BCUT2D eigenvalue weighted by Gasteiger charge is 2.23. The number of aryl methyl sites for hydroxylation is 1. The van der Waals surface area contributed by atoms with Gasteiger partial charge in [0.2, 0.25) is 0 Å². The zero-order chi connectivity index (χ0) is 9.97. The van der Waals surface area contributed by atoms with Crippen LogP contribution in [-0.4, -0.2) is 16.0 Å². The Hall–Kier alpha value is -1.12. The largest absolute Gasteiger partial charge is 0.368 e. The van der Waals surface area contributed by atoms with Crippen molar-refractivity contribution in [3.05, 3.63) is 18.1 Å². The predicted octanol–water partition coefficient (Wildman–Crippen LogP) is 2.39. The Morgan fingerprint density at radius 2 is 2.29 bits per heavy atom. The second-order valence-electron chi connectivity index (χ2n) is 4.27. The minimum Gasteiger partial charge on any atom is -0.368 e. The zero-order valence-corrected chi connectivity index (χ0v) is 8.83. The Balaban J connectivity index is 1.88. The molecule has 1 N–H and O–H groups in total. The number of hydrogen-bond acceptors (Lipinski definition) is 3. The number of anilines is 1. The zero-order valence-electron chi connectivity index (χ0n) is 8.83. The van der Waals surface area contributed by atoms with Gasteiger partial charge in [0.25, 0.3) is 0 Å². The van der Waals surface area contributed by atoms with Crippen molar-refractivity contribution in [1.29, 1.82) is 0 Å². The molecule has 0 radical (unpaired) electrons. The lowest BCUT2D eigenvalue weighted by atomic mass is 10.1. The summed E-state index contributed by atoms with van der Waals surface area (Å²) < 4.78 is 0. The molecule has 1 aliphatic carbocycles. The van der Waals surface area contributed by atoms with E-state index in [1.54, 1.807) is 6.33 Å². The number of aromatic nitrogens is 2. The van der Waals surface area contributed by atoms with Gasteiger partial charge in [0.05, 0.1) is 0 Å². The van der Waals surface area contributed by atoms with Crippen LogP contribution < -0.4 is 5.32 Å². The summed E-state index contributed by atoms with van der Waals surface area (Å²) in [4.78, 5) is 8.25. The van der Waals surface area contributed by atoms with Gasteiger partial charge in [-0.05, 0) is 26.2 Å². The molecule has 2 rings (SSSR count). The molecule has 0 amide bonds. The number of rotatable bonds is 4. The monoisotopic (exact) mass is 191 g/mol. The Bertz CT molecular complexity index is 307. The van der Waals surface area contributed by atoms with Crippen molar-refractivity contribution in [3.8, 4) is 0 Å². The van der Waals surface area contributed by atoms with Crippen LogP contribution in [0, 0.1) is 12.8 Å². The maximum atomic E-state index is 4.19. The van der Waals surface area contributed by atoms with Crippen LogP contribution in [0.15, 0.2) is 12.4 Å². The summed E-state index contributed by atoms with van der Waals surface area (Å²) in [6, 6.07) is 2.51. The molecule has 1 heterocycles. The van der Waals surface area contributed by atoms with Gasteiger partial charge >= 0.3 is 0 Å². The average molecular weight is 191 g/mol. The van der Waals surface area contributed by atoms with E-state index >= 15 is 0 Å². The van der Waals surface area contributed by atoms with Crippen molar-refractivity contribution in [1.82, 2.24) is 9.97 Å². The molecule has 3 nitrogen and oxygen atoms in total. The van der Waals surface area contributed by atoms with Crippen LogP contribution in [0.3, 0.4) is 0 Å². The quantitative estimate of drug-likeness (QED) is 0.794. The fourth-order valence-electron chi connectivity index (χ4n) is 1.70. The summed E-state index contributed by atoms with van der Waals surface area (Å²) in [5.74, 6) is 1.91. The summed E-state index contributed by atoms with van der Waals surface area (Å²) in [5, 5.41) is 3.40. The van der Waals surface area contributed by atoms with Crippen molar-refractivity contribution in [2.75, 3.05) is 5.32 Å². The SMILES string of the molecule is Cc1cc(NC(C)CC2CC2)ncn1. The van der Waals surface area contributed by atoms with Crippen molar-refractivity contribution in [2.24, 2.45) is 5.92 Å². The minimum atomic E-state index is 0.525. The first-order valence-electron chi connectivity index (χ1n) is 5.29. The van der Waals surface area contributed by atoms with Gasteiger partial charge in [-0.25, -0.2) is 9.97 Å². The Morgan fingerprint density at radius 3 is 2.93 bits per heavy atom. The first-order valence-corrected chi connectivity index (χ1v) is 5.29. The van der Waals surface area contributed by atoms with E-state index in [1.165, 1.54) is 19.3 Å². The first-order chi connectivity index (χ1) is 6.74. The lowest BCUT2D eigenvalue weighted by Gasteiger charge is -2.13. The molecular formula is C11H17N3. The number of nitrogens with zero attached hydrogens (tertiary/aromatic N) is 2. The van der Waals surface area contributed by atoms with Gasteiger partial charge in [0.15, 0.2) is 0 Å². The normalized spacial score (nSPS) is 17.9. The standard InChI is InChI=1S/C11H17N3/c1-8-6-11(13-7-12-8)14-9(2)5-10-3-4-10/h6-7,9-10H,3-5H2,1-2H3,(H,12,13,14). The van der Waals surface area contributed by atoms with E-state index in [0.29, 0.717) is 6.04 Å². The van der Waals surface area contributed by atoms with Crippen LogP contribution >= 0.6 is 0 Å². The van der Waals surface area contributed by atoms with Crippen molar-refractivity contribution >= 4 is 5.82 Å². The number of nitrogens with one attached hydrogen (secondary N) is 1. The van der Waals surface area contributed by atoms with Gasteiger partial charge in [0, 0.05) is 17.8 Å². The number of hydrogen-bond donors (Lipinski definition) is 1. The molecule has 1 atom stereocenters. The van der Waals surface area contributed by atoms with Gasteiger partial charge in [-0.1, -0.05) is 12.8 Å². The fourth-order valence-corrected chi connectivity index (χ4v) is 1.70. The van der Waals surface area contributed by atoms with Crippen LogP contribution in [-0.2, 0) is 0 Å². The van der Waals surface area contributed by atoms with E-state index in [-0.39, 0.29) is 0 Å². The molecule has 0 saturated heterocycles. The van der Waals surface area contributed by atoms with Gasteiger partial charge < -0.3 is 5.32 Å². The van der Waals surface area contributed by atoms with Crippen molar-refractivity contribution in [3.63, 3.8) is 0 Å². The third kappa shape index (κ3) is 2.69. The van der Waals surface area contributed by atoms with E-state index in [1.807, 2.05) is 13.0 Å². The summed E-state index contributed by atoms with van der Waals surface area (Å²) in [7, 11) is 0. The smallest absolute Gasteiger partial charge is 0.129 e. The molecule has 1 fully saturated rings. The summed E-state index contributed by atoms with van der Waals surface area (Å²) in [5.41, 5.74) is 1.01. The highest BCUT2D eigenvalue weighted by molar-refractivity contribution is 5.35. The molecule has 1 aliphatic rings. The van der Waals surface area contributed by atoms with Gasteiger partial charge in [-0.3, -0.25) is 0 Å². The van der Waals surface area contributed by atoms with Crippen molar-refractivity contribution in [2.45, 2.75) is 39.2 Å². The van der Waals surface area contributed by atoms with E-state index in [0.717, 1.165) is 17.4 Å². The molecule has 0 aliphatic heterocycles. The molecule has 0 bridgehead atoms. The first kappa shape index (κ1) is 9.44. The van der Waals surface area contributed by atoms with Crippen molar-refractivity contribution < 1.29 is 0 Å². The summed E-state index contributed by atoms with van der Waals surface area (Å²) in [6.45, 7) is 4.20. The molecule has 0 spiro atoms. The van der Waals surface area contributed by atoms with E-state index in [4.69, 9.17) is 0 Å². The van der Waals surface area contributed by atoms with E-state index in [9.17, 15) is 0 Å². The summed E-state index contributed by atoms with van der Waals surface area (Å²) >= 11 is 0. The average Bonchev–Trinajstić information content (AvgIpc) is 2.87. The van der Waals surface area contributed by atoms with Crippen LogP contribution in [0.5, 0.6) is 0 Å². The Morgan fingerprint density at radius 1 is 1.50 bits per heavy atom. The molecule has 1 unspecified atom stereocenters. The van der Waals surface area contributed by atoms with Crippen LogP contribution in [0.4, 0.5) is 5.82 Å². The third-order valence-corrected chi connectivity index (χ3v) is 2.58. The Kier molecular flexibility index (Phi) is 2.66. The van der Waals surface area contributed by atoms with Gasteiger partial charge in [-0.2, -0.15) is 0 Å². The van der Waals surface area contributed by atoms with Crippen LogP contribution in [0.2, 0.25) is 0 Å². The maximum Gasteiger partial charge on any atom is 0.129 e.